The highest BCUT2D eigenvalue weighted by Gasteiger charge is 2.30. The van der Waals surface area contributed by atoms with E-state index in [9.17, 15) is 4.79 Å². The fraction of sp³-hybridized carbons (Fsp3) is 0.375. The molecule has 4 nitrogen and oxygen atoms in total. The molecule has 1 aliphatic rings. The van der Waals surface area contributed by atoms with Crippen LogP contribution in [0.25, 0.3) is 0 Å². The molecule has 1 saturated heterocycles. The average molecular weight is 301 g/mol. The number of hydrogen-bond donors (Lipinski definition) is 1. The molecular formula is C16H19N3OS. The van der Waals surface area contributed by atoms with Crippen molar-refractivity contribution in [3.05, 3.63) is 52.5 Å². The zero-order chi connectivity index (χ0) is 14.7. The van der Waals surface area contributed by atoms with E-state index in [2.05, 4.69) is 27.1 Å². The molecule has 1 aliphatic heterocycles. The van der Waals surface area contributed by atoms with Crippen molar-refractivity contribution in [2.45, 2.75) is 31.8 Å². The van der Waals surface area contributed by atoms with Crippen molar-refractivity contribution in [1.29, 1.82) is 0 Å². The number of nitrogens with one attached hydrogen (secondary N) is 1. The zero-order valence-corrected chi connectivity index (χ0v) is 12.8. The molecule has 5 heteroatoms. The molecule has 2 aromatic rings. The summed E-state index contributed by atoms with van der Waals surface area (Å²) < 4.78 is 0. The first kappa shape index (κ1) is 14.1. The van der Waals surface area contributed by atoms with Crippen LogP contribution in [0.1, 0.15) is 43.1 Å². The summed E-state index contributed by atoms with van der Waals surface area (Å²) in [5.74, 6) is 0. The Balaban J connectivity index is 1.67. The molecule has 1 fully saturated rings. The Bertz CT molecular complexity index is 585. The number of nitrogens with zero attached hydrogens (tertiary/aromatic N) is 2. The summed E-state index contributed by atoms with van der Waals surface area (Å²) in [6, 6.07) is 8.01. The quantitative estimate of drug-likeness (QED) is 0.938. The minimum Gasteiger partial charge on any atom is -0.330 e. The lowest BCUT2D eigenvalue weighted by atomic mass is 10.1. The second-order valence-electron chi connectivity index (χ2n) is 5.33. The Morgan fingerprint density at radius 2 is 2.38 bits per heavy atom. The third-order valence-electron chi connectivity index (χ3n) is 3.91. The molecule has 2 atom stereocenters. The van der Waals surface area contributed by atoms with E-state index in [-0.39, 0.29) is 18.1 Å². The number of rotatable bonds is 3. The maximum Gasteiger partial charge on any atom is 0.318 e. The molecule has 0 aliphatic carbocycles. The molecule has 2 amide bonds. The lowest BCUT2D eigenvalue weighted by Gasteiger charge is -2.26. The molecule has 3 rings (SSSR count). The standard InChI is InChI=1S/C16H19N3OS/c1-12(14-5-2-3-8-17-14)18-16(20)19-9-4-6-15(19)13-7-10-21-11-13/h2-3,5,7-8,10-12,15H,4,6,9H2,1H3,(H,18,20). The van der Waals surface area contributed by atoms with Gasteiger partial charge in [-0.3, -0.25) is 4.98 Å². The van der Waals surface area contributed by atoms with Gasteiger partial charge in [0.1, 0.15) is 0 Å². The van der Waals surface area contributed by atoms with E-state index in [1.807, 2.05) is 30.0 Å². The van der Waals surface area contributed by atoms with Gasteiger partial charge < -0.3 is 10.2 Å². The number of hydrogen-bond acceptors (Lipinski definition) is 3. The van der Waals surface area contributed by atoms with Crippen LogP contribution in [0.15, 0.2) is 41.2 Å². The van der Waals surface area contributed by atoms with Crippen LogP contribution in [0.3, 0.4) is 0 Å². The number of amides is 2. The number of urea groups is 1. The van der Waals surface area contributed by atoms with E-state index in [0.29, 0.717) is 0 Å². The minimum atomic E-state index is -0.0811. The van der Waals surface area contributed by atoms with Crippen molar-refractivity contribution < 1.29 is 4.79 Å². The first-order valence-corrected chi connectivity index (χ1v) is 8.20. The summed E-state index contributed by atoms with van der Waals surface area (Å²) in [5.41, 5.74) is 2.13. The number of likely N-dealkylation sites (tertiary alicyclic amines) is 1. The molecule has 0 saturated carbocycles. The van der Waals surface area contributed by atoms with Crippen LogP contribution < -0.4 is 5.32 Å². The first-order valence-electron chi connectivity index (χ1n) is 7.26. The van der Waals surface area contributed by atoms with Gasteiger partial charge in [0.25, 0.3) is 0 Å². The van der Waals surface area contributed by atoms with Crippen LogP contribution in [0.5, 0.6) is 0 Å². The van der Waals surface area contributed by atoms with Gasteiger partial charge in [-0.2, -0.15) is 11.3 Å². The highest BCUT2D eigenvalue weighted by atomic mass is 32.1. The summed E-state index contributed by atoms with van der Waals surface area (Å²) in [6.45, 7) is 2.79. The van der Waals surface area contributed by atoms with Gasteiger partial charge in [0.05, 0.1) is 17.8 Å². The third-order valence-corrected chi connectivity index (χ3v) is 4.61. The van der Waals surface area contributed by atoms with Gasteiger partial charge in [0, 0.05) is 12.7 Å². The predicted molar refractivity (Wildman–Crippen MR) is 84.2 cm³/mol. The fourth-order valence-corrected chi connectivity index (χ4v) is 3.50. The summed E-state index contributed by atoms with van der Waals surface area (Å²) in [7, 11) is 0. The molecule has 2 aromatic heterocycles. The van der Waals surface area contributed by atoms with E-state index in [1.165, 1.54) is 5.56 Å². The van der Waals surface area contributed by atoms with Gasteiger partial charge in [0.2, 0.25) is 0 Å². The topological polar surface area (TPSA) is 45.2 Å². The third kappa shape index (κ3) is 3.08. The molecule has 0 aromatic carbocycles. The van der Waals surface area contributed by atoms with Crippen molar-refractivity contribution in [3.63, 3.8) is 0 Å². The number of aromatic nitrogens is 1. The molecule has 0 spiro atoms. The van der Waals surface area contributed by atoms with E-state index >= 15 is 0 Å². The van der Waals surface area contributed by atoms with Gasteiger partial charge in [0.15, 0.2) is 0 Å². The Morgan fingerprint density at radius 3 is 3.10 bits per heavy atom. The Morgan fingerprint density at radius 1 is 1.48 bits per heavy atom. The van der Waals surface area contributed by atoms with E-state index in [1.54, 1.807) is 17.5 Å². The van der Waals surface area contributed by atoms with Gasteiger partial charge in [-0.25, -0.2) is 4.79 Å². The molecular weight excluding hydrogens is 282 g/mol. The lowest BCUT2D eigenvalue weighted by Crippen LogP contribution is -2.40. The number of carbonyl (C=O) groups excluding carboxylic acids is 1. The van der Waals surface area contributed by atoms with Gasteiger partial charge >= 0.3 is 6.03 Å². The van der Waals surface area contributed by atoms with Crippen LogP contribution >= 0.6 is 11.3 Å². The normalized spacial score (nSPS) is 19.5. The molecule has 1 N–H and O–H groups in total. The first-order chi connectivity index (χ1) is 10.3. The van der Waals surface area contributed by atoms with Crippen molar-refractivity contribution in [2.75, 3.05) is 6.54 Å². The smallest absolute Gasteiger partial charge is 0.318 e. The van der Waals surface area contributed by atoms with Crippen molar-refractivity contribution >= 4 is 17.4 Å². The van der Waals surface area contributed by atoms with E-state index < -0.39 is 0 Å². The van der Waals surface area contributed by atoms with Crippen LogP contribution in [-0.2, 0) is 0 Å². The fourth-order valence-electron chi connectivity index (χ4n) is 2.80. The largest absolute Gasteiger partial charge is 0.330 e. The highest BCUT2D eigenvalue weighted by molar-refractivity contribution is 7.07. The average Bonchev–Trinajstić information content (AvgIpc) is 3.18. The molecule has 21 heavy (non-hydrogen) atoms. The van der Waals surface area contributed by atoms with Crippen molar-refractivity contribution in [1.82, 2.24) is 15.2 Å². The summed E-state index contributed by atoms with van der Waals surface area (Å²) in [6.07, 6.45) is 3.86. The van der Waals surface area contributed by atoms with Crippen molar-refractivity contribution in [2.24, 2.45) is 0 Å². The molecule has 2 unspecified atom stereocenters. The second-order valence-corrected chi connectivity index (χ2v) is 6.11. The Labute approximate surface area is 128 Å². The predicted octanol–water partition coefficient (Wildman–Crippen LogP) is 3.75. The molecule has 110 valence electrons. The Hall–Kier alpha value is -1.88. The van der Waals surface area contributed by atoms with Crippen LogP contribution in [0.4, 0.5) is 4.79 Å². The van der Waals surface area contributed by atoms with Gasteiger partial charge in [-0.05, 0) is 54.3 Å². The lowest BCUT2D eigenvalue weighted by molar-refractivity contribution is 0.189. The highest BCUT2D eigenvalue weighted by Crippen LogP contribution is 2.33. The van der Waals surface area contributed by atoms with Crippen LogP contribution in [0, 0.1) is 0 Å². The molecule has 0 radical (unpaired) electrons. The van der Waals surface area contributed by atoms with Gasteiger partial charge in [-0.1, -0.05) is 6.07 Å². The van der Waals surface area contributed by atoms with E-state index in [0.717, 1.165) is 25.1 Å². The second kappa shape index (κ2) is 6.26. The summed E-state index contributed by atoms with van der Waals surface area (Å²) in [5, 5.41) is 7.26. The summed E-state index contributed by atoms with van der Waals surface area (Å²) in [4.78, 5) is 18.8. The minimum absolute atomic E-state index is 0.00172. The summed E-state index contributed by atoms with van der Waals surface area (Å²) >= 11 is 1.68. The van der Waals surface area contributed by atoms with Gasteiger partial charge in [-0.15, -0.1) is 0 Å². The van der Waals surface area contributed by atoms with Crippen LogP contribution in [0.2, 0.25) is 0 Å². The zero-order valence-electron chi connectivity index (χ0n) is 12.0. The number of thiophene rings is 1. The Kier molecular flexibility index (Phi) is 4.20. The SMILES string of the molecule is CC(NC(=O)N1CCCC1c1ccsc1)c1ccccn1. The number of carbonyl (C=O) groups is 1. The number of pyridine rings is 1. The van der Waals surface area contributed by atoms with Crippen LogP contribution in [-0.4, -0.2) is 22.5 Å². The maximum absolute atomic E-state index is 12.5. The maximum atomic E-state index is 12.5. The van der Waals surface area contributed by atoms with E-state index in [4.69, 9.17) is 0 Å². The molecule has 0 bridgehead atoms. The molecule has 3 heterocycles. The van der Waals surface area contributed by atoms with Crippen molar-refractivity contribution in [3.8, 4) is 0 Å². The monoisotopic (exact) mass is 301 g/mol.